The van der Waals surface area contributed by atoms with Crippen molar-refractivity contribution in [2.45, 2.75) is 16.8 Å². The van der Waals surface area contributed by atoms with E-state index in [9.17, 15) is 0 Å². The van der Waals surface area contributed by atoms with E-state index >= 15 is 0 Å². The van der Waals surface area contributed by atoms with Crippen molar-refractivity contribution in [2.75, 3.05) is 5.75 Å². The van der Waals surface area contributed by atoms with Crippen molar-refractivity contribution in [3.63, 3.8) is 0 Å². The summed E-state index contributed by atoms with van der Waals surface area (Å²) < 4.78 is 1.79. The summed E-state index contributed by atoms with van der Waals surface area (Å²) in [6, 6.07) is 1.04. The molecule has 1 rings (SSSR count). The number of hydrogen-bond donors (Lipinski definition) is 1. The Bertz CT molecular complexity index is 256. The molecule has 11 heavy (non-hydrogen) atoms. The van der Waals surface area contributed by atoms with Gasteiger partial charge in [-0.15, -0.1) is 0 Å². The van der Waals surface area contributed by atoms with E-state index in [0.29, 0.717) is 0 Å². The predicted octanol–water partition coefficient (Wildman–Crippen LogP) is 2.27. The third-order valence-corrected chi connectivity index (χ3v) is 3.64. The lowest BCUT2D eigenvalue weighted by Crippen LogP contribution is -1.78. The van der Waals surface area contributed by atoms with Crippen LogP contribution in [0, 0.1) is 3.95 Å². The van der Waals surface area contributed by atoms with E-state index in [1.165, 1.54) is 11.3 Å². The summed E-state index contributed by atoms with van der Waals surface area (Å²) in [5.74, 6) is 1.10. The van der Waals surface area contributed by atoms with Gasteiger partial charge < -0.3 is 0 Å². The number of thioether (sulfide) groups is 1. The molecule has 1 N–H and O–H groups in total. The fourth-order valence-electron chi connectivity index (χ4n) is 0.510. The molecule has 6 heteroatoms. The Morgan fingerprint density at radius 2 is 2.55 bits per heavy atom. The fourth-order valence-corrected chi connectivity index (χ4v) is 3.03. The summed E-state index contributed by atoms with van der Waals surface area (Å²) >= 11 is 8.17. The van der Waals surface area contributed by atoms with Crippen LogP contribution in [0.25, 0.3) is 0 Å². The summed E-state index contributed by atoms with van der Waals surface area (Å²) in [7, 11) is 3.41. The maximum absolute atomic E-state index is 4.89. The van der Waals surface area contributed by atoms with E-state index in [-0.39, 0.29) is 0 Å². The molecular formula is C5H7N2S3Si. The van der Waals surface area contributed by atoms with Crippen LogP contribution in [0.2, 0.25) is 6.04 Å². The lowest BCUT2D eigenvalue weighted by molar-refractivity contribution is 0.998. The van der Waals surface area contributed by atoms with Gasteiger partial charge in [0, 0.05) is 16.0 Å². The molecule has 0 spiro atoms. The van der Waals surface area contributed by atoms with Gasteiger partial charge in [0.25, 0.3) is 0 Å². The quantitative estimate of drug-likeness (QED) is 0.364. The SMILES string of the molecule is [Si]CCCSc1n[nH]c(=S)s1. The number of H-pyrrole nitrogens is 1. The van der Waals surface area contributed by atoms with Crippen molar-refractivity contribution in [1.29, 1.82) is 0 Å². The summed E-state index contributed by atoms with van der Waals surface area (Å²) in [4.78, 5) is 0. The van der Waals surface area contributed by atoms with Crippen molar-refractivity contribution in [2.24, 2.45) is 0 Å². The minimum Gasteiger partial charge on any atom is -0.257 e. The Hall–Kier alpha value is 0.347. The molecule has 1 aromatic rings. The smallest absolute Gasteiger partial charge is 0.177 e. The van der Waals surface area contributed by atoms with Crippen LogP contribution in [0.5, 0.6) is 0 Å². The Labute approximate surface area is 82.2 Å². The van der Waals surface area contributed by atoms with Gasteiger partial charge in [-0.1, -0.05) is 29.1 Å². The van der Waals surface area contributed by atoms with Crippen molar-refractivity contribution >= 4 is 45.6 Å². The minimum atomic E-state index is 0.755. The van der Waals surface area contributed by atoms with Gasteiger partial charge in [-0.05, 0) is 18.6 Å². The van der Waals surface area contributed by atoms with Crippen LogP contribution in [0.15, 0.2) is 4.34 Å². The molecule has 1 aromatic heterocycles. The number of aromatic amines is 1. The van der Waals surface area contributed by atoms with E-state index < -0.39 is 0 Å². The molecule has 1 heterocycles. The molecule has 0 saturated heterocycles. The molecule has 0 bridgehead atoms. The molecule has 3 radical (unpaired) electrons. The summed E-state index contributed by atoms with van der Waals surface area (Å²) in [5.41, 5.74) is 0. The van der Waals surface area contributed by atoms with Crippen molar-refractivity contribution < 1.29 is 0 Å². The van der Waals surface area contributed by atoms with Crippen LogP contribution in [0.3, 0.4) is 0 Å². The van der Waals surface area contributed by atoms with Crippen LogP contribution in [0.1, 0.15) is 6.42 Å². The standard InChI is InChI=1S/C5H7N2S3Si/c8-4-6-7-5(10-4)9-2-1-3-11/h1-3H2,(H,6,8). The van der Waals surface area contributed by atoms with Crippen molar-refractivity contribution in [3.8, 4) is 0 Å². The molecule has 0 aliphatic carbocycles. The molecular weight excluding hydrogens is 212 g/mol. The summed E-state index contributed by atoms with van der Waals surface area (Å²) in [6.07, 6.45) is 1.16. The Morgan fingerprint density at radius 1 is 1.73 bits per heavy atom. The van der Waals surface area contributed by atoms with Gasteiger partial charge in [0.1, 0.15) is 0 Å². The van der Waals surface area contributed by atoms with Gasteiger partial charge in [-0.2, -0.15) is 5.10 Å². The van der Waals surface area contributed by atoms with Gasteiger partial charge >= 0.3 is 0 Å². The maximum atomic E-state index is 4.89. The van der Waals surface area contributed by atoms with E-state index in [4.69, 9.17) is 12.2 Å². The average Bonchev–Trinajstić information content (AvgIpc) is 2.37. The minimum absolute atomic E-state index is 0.755. The van der Waals surface area contributed by atoms with E-state index in [0.717, 1.165) is 26.5 Å². The van der Waals surface area contributed by atoms with Crippen LogP contribution in [0.4, 0.5) is 0 Å². The molecule has 0 unspecified atom stereocenters. The molecule has 59 valence electrons. The van der Waals surface area contributed by atoms with Crippen LogP contribution in [-0.4, -0.2) is 26.2 Å². The van der Waals surface area contributed by atoms with Gasteiger partial charge in [0.05, 0.1) is 0 Å². The molecule has 0 atom stereocenters. The monoisotopic (exact) mass is 219 g/mol. The van der Waals surface area contributed by atoms with Gasteiger partial charge in [-0.25, -0.2) is 0 Å². The Balaban J connectivity index is 2.33. The normalized spacial score (nSPS) is 10.3. The first-order valence-electron chi connectivity index (χ1n) is 3.16. The first-order valence-corrected chi connectivity index (χ1v) is 6.07. The molecule has 0 aliphatic heterocycles. The lowest BCUT2D eigenvalue weighted by Gasteiger charge is -1.91. The zero-order chi connectivity index (χ0) is 8.10. The molecule has 0 fully saturated rings. The Kier molecular flexibility index (Phi) is 4.35. The number of hydrogen-bond acceptors (Lipinski definition) is 4. The zero-order valence-electron chi connectivity index (χ0n) is 5.79. The largest absolute Gasteiger partial charge is 0.257 e. The second-order valence-corrected chi connectivity index (χ2v) is 5.34. The highest BCUT2D eigenvalue weighted by Crippen LogP contribution is 2.20. The molecule has 0 aliphatic rings. The summed E-state index contributed by atoms with van der Waals surface area (Å²) in [6.45, 7) is 0. The molecule has 2 nitrogen and oxygen atoms in total. The highest BCUT2D eigenvalue weighted by Gasteiger charge is 1.96. The first kappa shape index (κ1) is 9.44. The Morgan fingerprint density at radius 3 is 3.09 bits per heavy atom. The highest BCUT2D eigenvalue weighted by molar-refractivity contribution is 8.01. The second-order valence-electron chi connectivity index (χ2n) is 1.83. The number of nitrogens with zero attached hydrogens (tertiary/aromatic N) is 1. The van der Waals surface area contributed by atoms with Gasteiger partial charge in [0.2, 0.25) is 0 Å². The molecule has 0 aromatic carbocycles. The maximum Gasteiger partial charge on any atom is 0.177 e. The van der Waals surface area contributed by atoms with Gasteiger partial charge in [-0.3, -0.25) is 5.10 Å². The number of nitrogens with one attached hydrogen (secondary N) is 1. The molecule has 0 amide bonds. The van der Waals surface area contributed by atoms with E-state index in [1.54, 1.807) is 11.8 Å². The van der Waals surface area contributed by atoms with E-state index in [2.05, 4.69) is 20.4 Å². The third-order valence-electron chi connectivity index (χ3n) is 0.965. The lowest BCUT2D eigenvalue weighted by atomic mass is 10.6. The van der Waals surface area contributed by atoms with Crippen LogP contribution < -0.4 is 0 Å². The number of rotatable bonds is 4. The topological polar surface area (TPSA) is 28.7 Å². The van der Waals surface area contributed by atoms with Crippen LogP contribution in [-0.2, 0) is 0 Å². The summed E-state index contributed by atoms with van der Waals surface area (Å²) in [5, 5.41) is 6.77. The number of aromatic nitrogens is 2. The first-order chi connectivity index (χ1) is 5.33. The second kappa shape index (κ2) is 5.07. The molecule has 0 saturated carbocycles. The van der Waals surface area contributed by atoms with Gasteiger partial charge in [0.15, 0.2) is 8.29 Å². The predicted molar refractivity (Wildman–Crippen MR) is 53.2 cm³/mol. The van der Waals surface area contributed by atoms with Crippen molar-refractivity contribution in [3.05, 3.63) is 3.95 Å². The van der Waals surface area contributed by atoms with Crippen LogP contribution >= 0.6 is 35.3 Å². The fraction of sp³-hybridized carbons (Fsp3) is 0.600. The average molecular weight is 219 g/mol. The van der Waals surface area contributed by atoms with Crippen molar-refractivity contribution in [1.82, 2.24) is 10.2 Å². The van der Waals surface area contributed by atoms with E-state index in [1.807, 2.05) is 0 Å². The third kappa shape index (κ3) is 3.50. The zero-order valence-corrected chi connectivity index (χ0v) is 9.24. The highest BCUT2D eigenvalue weighted by atomic mass is 32.2.